The molecule has 128 valence electrons. The number of H-pyrrole nitrogens is 1. The second-order valence-electron chi connectivity index (χ2n) is 5.58. The fraction of sp³-hybridized carbons (Fsp3) is 0.222. The van der Waals surface area contributed by atoms with E-state index in [2.05, 4.69) is 20.3 Å². The Morgan fingerprint density at radius 1 is 1.20 bits per heavy atom. The van der Waals surface area contributed by atoms with Gasteiger partial charge in [0.05, 0.1) is 17.4 Å². The van der Waals surface area contributed by atoms with Gasteiger partial charge in [0.2, 0.25) is 0 Å². The molecule has 7 nitrogen and oxygen atoms in total. The van der Waals surface area contributed by atoms with Crippen molar-refractivity contribution in [3.05, 3.63) is 54.6 Å². The summed E-state index contributed by atoms with van der Waals surface area (Å²) in [5.41, 5.74) is 3.23. The smallest absolute Gasteiger partial charge is 0.313 e. The van der Waals surface area contributed by atoms with Crippen molar-refractivity contribution in [3.8, 4) is 0 Å². The first-order valence-corrected chi connectivity index (χ1v) is 8.09. The third-order valence-corrected chi connectivity index (χ3v) is 3.96. The van der Waals surface area contributed by atoms with Crippen LogP contribution < -0.4 is 5.32 Å². The van der Waals surface area contributed by atoms with Gasteiger partial charge in [-0.2, -0.15) is 0 Å². The number of hydrogen-bond acceptors (Lipinski definition) is 4. The molecule has 2 heterocycles. The van der Waals surface area contributed by atoms with Gasteiger partial charge < -0.3 is 15.2 Å². The number of nitrogens with zero attached hydrogens (tertiary/aromatic N) is 3. The molecule has 0 bridgehead atoms. The minimum absolute atomic E-state index is 0.469. The lowest BCUT2D eigenvalue weighted by Crippen LogP contribution is -2.40. The number of aromatic amines is 1. The number of fused-ring (bicyclic) bond motifs is 1. The normalized spacial score (nSPS) is 10.6. The summed E-state index contributed by atoms with van der Waals surface area (Å²) in [6, 6.07) is 9.06. The van der Waals surface area contributed by atoms with Gasteiger partial charge in [0, 0.05) is 31.2 Å². The van der Waals surface area contributed by atoms with E-state index in [4.69, 9.17) is 0 Å². The summed E-state index contributed by atoms with van der Waals surface area (Å²) in [5, 5.41) is 2.65. The fourth-order valence-electron chi connectivity index (χ4n) is 2.56. The van der Waals surface area contributed by atoms with Crippen LogP contribution in [0.2, 0.25) is 0 Å². The van der Waals surface area contributed by atoms with Crippen LogP contribution in [0.1, 0.15) is 12.5 Å². The van der Waals surface area contributed by atoms with Gasteiger partial charge in [-0.25, -0.2) is 4.98 Å². The number of imidazole rings is 1. The largest absolute Gasteiger partial charge is 0.345 e. The molecule has 25 heavy (non-hydrogen) atoms. The predicted molar refractivity (Wildman–Crippen MR) is 94.9 cm³/mol. The van der Waals surface area contributed by atoms with Crippen molar-refractivity contribution in [2.45, 2.75) is 13.3 Å². The maximum Gasteiger partial charge on any atom is 0.313 e. The number of nitrogens with one attached hydrogen (secondary N) is 2. The van der Waals surface area contributed by atoms with Crippen LogP contribution in [-0.4, -0.2) is 44.8 Å². The van der Waals surface area contributed by atoms with Crippen molar-refractivity contribution in [2.75, 3.05) is 18.4 Å². The molecule has 0 aliphatic heterocycles. The summed E-state index contributed by atoms with van der Waals surface area (Å²) < 4.78 is 0. The standard InChI is InChI=1S/C18H19N5O2/c1-2-23(10-7-13-5-8-19-9-6-13)18(25)17(24)22-14-3-4-15-16(11-14)21-12-20-15/h3-6,8-9,11-12H,2,7,10H2,1H3,(H,20,21)(H,22,24). The van der Waals surface area contributed by atoms with Gasteiger partial charge in [-0.1, -0.05) is 0 Å². The Morgan fingerprint density at radius 2 is 2.00 bits per heavy atom. The van der Waals surface area contributed by atoms with E-state index < -0.39 is 11.8 Å². The van der Waals surface area contributed by atoms with Gasteiger partial charge in [-0.15, -0.1) is 0 Å². The van der Waals surface area contributed by atoms with E-state index in [-0.39, 0.29) is 0 Å². The number of aromatic nitrogens is 3. The second-order valence-corrected chi connectivity index (χ2v) is 5.58. The summed E-state index contributed by atoms with van der Waals surface area (Å²) in [6.07, 6.45) is 5.69. The number of benzene rings is 1. The third-order valence-electron chi connectivity index (χ3n) is 3.96. The predicted octanol–water partition coefficient (Wildman–Crippen LogP) is 1.99. The minimum atomic E-state index is -0.643. The molecule has 0 aliphatic carbocycles. The zero-order chi connectivity index (χ0) is 17.6. The summed E-state index contributed by atoms with van der Waals surface area (Å²) >= 11 is 0. The minimum Gasteiger partial charge on any atom is -0.345 e. The molecule has 0 radical (unpaired) electrons. The Kier molecular flexibility index (Phi) is 5.03. The van der Waals surface area contributed by atoms with Gasteiger partial charge in [-0.05, 0) is 49.2 Å². The average Bonchev–Trinajstić information content (AvgIpc) is 3.10. The number of rotatable bonds is 5. The molecule has 0 saturated heterocycles. The lowest BCUT2D eigenvalue weighted by atomic mass is 10.2. The Balaban J connectivity index is 1.62. The van der Waals surface area contributed by atoms with Gasteiger partial charge >= 0.3 is 11.8 Å². The summed E-state index contributed by atoms with van der Waals surface area (Å²) in [4.78, 5) is 37.2. The zero-order valence-corrected chi connectivity index (χ0v) is 13.9. The average molecular weight is 337 g/mol. The van der Waals surface area contributed by atoms with Crippen LogP contribution in [0.25, 0.3) is 11.0 Å². The summed E-state index contributed by atoms with van der Waals surface area (Å²) in [6.45, 7) is 2.80. The molecule has 2 N–H and O–H groups in total. The first kappa shape index (κ1) is 16.6. The quantitative estimate of drug-likeness (QED) is 0.697. The molecule has 3 aromatic rings. The number of pyridine rings is 1. The zero-order valence-electron chi connectivity index (χ0n) is 13.9. The molecule has 0 atom stereocenters. The Morgan fingerprint density at radius 3 is 2.76 bits per heavy atom. The van der Waals surface area contributed by atoms with Crippen LogP contribution in [0.5, 0.6) is 0 Å². The van der Waals surface area contributed by atoms with E-state index in [0.29, 0.717) is 25.2 Å². The number of carbonyl (C=O) groups excluding carboxylic acids is 2. The monoisotopic (exact) mass is 337 g/mol. The first-order valence-electron chi connectivity index (χ1n) is 8.09. The van der Waals surface area contributed by atoms with Crippen molar-refractivity contribution in [1.82, 2.24) is 19.9 Å². The Bertz CT molecular complexity index is 875. The molecule has 0 unspecified atom stereocenters. The molecule has 0 fully saturated rings. The summed E-state index contributed by atoms with van der Waals surface area (Å²) in [5.74, 6) is -1.18. The van der Waals surface area contributed by atoms with Crippen molar-refractivity contribution < 1.29 is 9.59 Å². The number of carbonyl (C=O) groups is 2. The Labute approximate surface area is 145 Å². The van der Waals surface area contributed by atoms with E-state index >= 15 is 0 Å². The lowest BCUT2D eigenvalue weighted by Gasteiger charge is -2.20. The number of amides is 2. The molecule has 3 rings (SSSR count). The maximum absolute atomic E-state index is 12.4. The lowest BCUT2D eigenvalue weighted by molar-refractivity contribution is -0.143. The van der Waals surface area contributed by atoms with Crippen LogP contribution in [0.4, 0.5) is 5.69 Å². The van der Waals surface area contributed by atoms with Crippen molar-refractivity contribution >= 4 is 28.5 Å². The molecule has 7 heteroatoms. The van der Waals surface area contributed by atoms with Crippen LogP contribution in [0.15, 0.2) is 49.1 Å². The van der Waals surface area contributed by atoms with Crippen molar-refractivity contribution in [2.24, 2.45) is 0 Å². The SMILES string of the molecule is CCN(CCc1ccncc1)C(=O)C(=O)Nc1ccc2nc[nH]c2c1. The third kappa shape index (κ3) is 4.00. The van der Waals surface area contributed by atoms with Crippen LogP contribution in [0.3, 0.4) is 0 Å². The maximum atomic E-state index is 12.4. The van der Waals surface area contributed by atoms with Crippen LogP contribution in [0, 0.1) is 0 Å². The van der Waals surface area contributed by atoms with Gasteiger partial charge in [-0.3, -0.25) is 14.6 Å². The highest BCUT2D eigenvalue weighted by atomic mass is 16.2. The molecule has 2 amide bonds. The number of likely N-dealkylation sites (N-methyl/N-ethyl adjacent to an activating group) is 1. The second kappa shape index (κ2) is 7.57. The molecule has 0 spiro atoms. The molecular weight excluding hydrogens is 318 g/mol. The topological polar surface area (TPSA) is 91.0 Å². The highest BCUT2D eigenvalue weighted by Crippen LogP contribution is 2.15. The van der Waals surface area contributed by atoms with E-state index in [1.807, 2.05) is 19.1 Å². The highest BCUT2D eigenvalue weighted by Gasteiger charge is 2.20. The van der Waals surface area contributed by atoms with E-state index in [0.717, 1.165) is 16.6 Å². The molecule has 0 aliphatic rings. The molecular formula is C18H19N5O2. The molecule has 2 aromatic heterocycles. The van der Waals surface area contributed by atoms with Crippen molar-refractivity contribution in [3.63, 3.8) is 0 Å². The fourth-order valence-corrected chi connectivity index (χ4v) is 2.56. The number of anilines is 1. The first-order chi connectivity index (χ1) is 12.2. The van der Waals surface area contributed by atoms with Gasteiger partial charge in [0.25, 0.3) is 0 Å². The van der Waals surface area contributed by atoms with E-state index in [1.54, 1.807) is 36.9 Å². The van der Waals surface area contributed by atoms with Crippen LogP contribution in [-0.2, 0) is 16.0 Å². The van der Waals surface area contributed by atoms with Crippen LogP contribution >= 0.6 is 0 Å². The molecule has 0 saturated carbocycles. The van der Waals surface area contributed by atoms with Crippen molar-refractivity contribution in [1.29, 1.82) is 0 Å². The molecule has 1 aromatic carbocycles. The Hall–Kier alpha value is -3.22. The van der Waals surface area contributed by atoms with E-state index in [9.17, 15) is 9.59 Å². The van der Waals surface area contributed by atoms with Gasteiger partial charge in [0.1, 0.15) is 0 Å². The van der Waals surface area contributed by atoms with Gasteiger partial charge in [0.15, 0.2) is 0 Å². The summed E-state index contributed by atoms with van der Waals surface area (Å²) in [7, 11) is 0. The highest BCUT2D eigenvalue weighted by molar-refractivity contribution is 6.39. The van der Waals surface area contributed by atoms with E-state index in [1.165, 1.54) is 4.90 Å². The number of hydrogen-bond donors (Lipinski definition) is 2.